The number of para-hydroxylation sites is 1. The number of nitrogens with zero attached hydrogens (tertiary/aromatic N) is 2. The molecule has 0 atom stereocenters. The molecule has 0 amide bonds. The molecule has 306 valence electrons. The summed E-state index contributed by atoms with van der Waals surface area (Å²) in [4.78, 5) is 8.03. The molecule has 2 nitrogen and oxygen atoms in total. The second-order valence-corrected chi connectivity index (χ2v) is 19.5. The van der Waals surface area contributed by atoms with Crippen LogP contribution in [0.5, 0.6) is 0 Å². The van der Waals surface area contributed by atoms with Crippen molar-refractivity contribution < 1.29 is 0 Å². The first-order valence-corrected chi connectivity index (χ1v) is 23.5. The van der Waals surface area contributed by atoms with Gasteiger partial charge in [0.05, 0.1) is 22.1 Å². The molecule has 0 radical (unpaired) electrons. The maximum absolute atomic E-state index is 5.58. The summed E-state index contributed by atoms with van der Waals surface area (Å²) in [7, 11) is 0. The van der Waals surface area contributed by atoms with Crippen molar-refractivity contribution in [3.63, 3.8) is 0 Å². The molecule has 0 saturated carbocycles. The van der Waals surface area contributed by atoms with Gasteiger partial charge in [0.25, 0.3) is 0 Å². The molecule has 1 spiro atoms. The van der Waals surface area contributed by atoms with Crippen LogP contribution in [0, 0.1) is 0 Å². The van der Waals surface area contributed by atoms with E-state index in [1.165, 1.54) is 109 Å². The number of rotatable bonds is 4. The molecule has 3 heteroatoms. The zero-order chi connectivity index (χ0) is 43.3. The van der Waals surface area contributed by atoms with E-state index in [9.17, 15) is 0 Å². The van der Waals surface area contributed by atoms with Crippen molar-refractivity contribution in [3.05, 3.63) is 226 Å². The Bertz CT molecular complexity index is 3920. The maximum atomic E-state index is 5.58. The van der Waals surface area contributed by atoms with Gasteiger partial charge < -0.3 is 4.57 Å². The highest BCUT2D eigenvalue weighted by atomic mass is 32.1. The SMILES string of the molecule is C=Cc1c(/C=C\C)sc2c1c1cc3c(cc1n2-c1cccc(-c2nc4ccccc4c4c5c(ccc24)C2(c4ccccc4-c4ccccc42)c2ccccc2-5)c1)-c1ccccc1C3(C)C. The van der Waals surface area contributed by atoms with Gasteiger partial charge in [0.2, 0.25) is 0 Å². The Kier molecular flexibility index (Phi) is 7.37. The Labute approximate surface area is 382 Å². The molecule has 3 heterocycles. The van der Waals surface area contributed by atoms with E-state index in [0.29, 0.717) is 0 Å². The van der Waals surface area contributed by atoms with Gasteiger partial charge in [-0.25, -0.2) is 4.98 Å². The van der Waals surface area contributed by atoms with Crippen LogP contribution in [-0.2, 0) is 10.8 Å². The highest BCUT2D eigenvalue weighted by Crippen LogP contribution is 2.64. The third-order valence-electron chi connectivity index (χ3n) is 15.1. The monoisotopic (exact) mass is 846 g/mol. The summed E-state index contributed by atoms with van der Waals surface area (Å²) in [5.74, 6) is 0. The lowest BCUT2D eigenvalue weighted by Gasteiger charge is -2.30. The molecule has 0 unspecified atom stereocenters. The van der Waals surface area contributed by atoms with E-state index in [4.69, 9.17) is 4.98 Å². The number of pyridine rings is 1. The minimum Gasteiger partial charge on any atom is -0.301 e. The van der Waals surface area contributed by atoms with Crippen LogP contribution in [-0.4, -0.2) is 9.55 Å². The highest BCUT2D eigenvalue weighted by molar-refractivity contribution is 7.20. The second-order valence-electron chi connectivity index (χ2n) is 18.5. The Balaban J connectivity index is 1.05. The summed E-state index contributed by atoms with van der Waals surface area (Å²) in [6.07, 6.45) is 6.42. The van der Waals surface area contributed by atoms with E-state index < -0.39 is 5.41 Å². The molecule has 0 fully saturated rings. The van der Waals surface area contributed by atoms with E-state index in [1.807, 2.05) is 11.3 Å². The number of hydrogen-bond acceptors (Lipinski definition) is 2. The largest absolute Gasteiger partial charge is 0.301 e. The van der Waals surface area contributed by atoms with Crippen LogP contribution < -0.4 is 0 Å². The van der Waals surface area contributed by atoms with Crippen LogP contribution in [0.25, 0.3) is 105 Å². The van der Waals surface area contributed by atoms with E-state index in [-0.39, 0.29) is 5.41 Å². The topological polar surface area (TPSA) is 17.8 Å². The van der Waals surface area contributed by atoms with Crippen molar-refractivity contribution in [2.45, 2.75) is 31.6 Å². The number of fused-ring (bicyclic) bond motifs is 20. The summed E-state index contributed by atoms with van der Waals surface area (Å²) in [6, 6.07) is 63.8. The van der Waals surface area contributed by atoms with Crippen molar-refractivity contribution in [3.8, 4) is 50.3 Å². The quantitative estimate of drug-likeness (QED) is 0.161. The molecule has 0 bridgehead atoms. The van der Waals surface area contributed by atoms with Gasteiger partial charge in [-0.3, -0.25) is 0 Å². The minimum absolute atomic E-state index is 0.112. The molecule has 65 heavy (non-hydrogen) atoms. The molecule has 14 rings (SSSR count). The lowest BCUT2D eigenvalue weighted by molar-refractivity contribution is 0.661. The van der Waals surface area contributed by atoms with Gasteiger partial charge in [-0.2, -0.15) is 0 Å². The van der Waals surface area contributed by atoms with Crippen LogP contribution in [0.2, 0.25) is 0 Å². The van der Waals surface area contributed by atoms with E-state index in [1.54, 1.807) is 0 Å². The second kappa shape index (κ2) is 13.0. The first kappa shape index (κ1) is 36.8. The molecule has 3 aliphatic rings. The molecule has 0 saturated heterocycles. The third-order valence-corrected chi connectivity index (χ3v) is 16.2. The lowest BCUT2D eigenvalue weighted by atomic mass is 9.70. The Morgan fingerprint density at radius 3 is 1.92 bits per heavy atom. The molecule has 0 N–H and O–H groups in total. The molecular weight excluding hydrogens is 805 g/mol. The van der Waals surface area contributed by atoms with Crippen LogP contribution in [0.3, 0.4) is 0 Å². The smallest absolute Gasteiger partial charge is 0.109 e. The molecule has 3 aliphatic carbocycles. The number of benzene rings is 8. The van der Waals surface area contributed by atoms with Crippen molar-refractivity contribution in [2.24, 2.45) is 0 Å². The van der Waals surface area contributed by atoms with E-state index >= 15 is 0 Å². The Morgan fingerprint density at radius 2 is 1.20 bits per heavy atom. The fourth-order valence-corrected chi connectivity index (χ4v) is 13.8. The highest BCUT2D eigenvalue weighted by Gasteiger charge is 2.52. The minimum atomic E-state index is -0.425. The van der Waals surface area contributed by atoms with E-state index in [0.717, 1.165) is 27.8 Å². The average Bonchev–Trinajstić information content (AvgIpc) is 4.10. The summed E-state index contributed by atoms with van der Waals surface area (Å²) in [6.45, 7) is 11.2. The van der Waals surface area contributed by atoms with Crippen molar-refractivity contribution in [1.82, 2.24) is 9.55 Å². The van der Waals surface area contributed by atoms with Crippen molar-refractivity contribution >= 4 is 66.3 Å². The number of aromatic nitrogens is 2. The summed E-state index contributed by atoms with van der Waals surface area (Å²) >= 11 is 1.84. The van der Waals surface area contributed by atoms with Gasteiger partial charge >= 0.3 is 0 Å². The third kappa shape index (κ3) is 4.56. The zero-order valence-corrected chi connectivity index (χ0v) is 37.2. The van der Waals surface area contributed by atoms with Crippen LogP contribution >= 0.6 is 11.3 Å². The molecule has 0 aliphatic heterocycles. The lowest BCUT2D eigenvalue weighted by Crippen LogP contribution is -2.25. The van der Waals surface area contributed by atoms with Crippen molar-refractivity contribution in [2.75, 3.05) is 0 Å². The zero-order valence-electron chi connectivity index (χ0n) is 36.4. The predicted octanol–water partition coefficient (Wildman–Crippen LogP) is 16.5. The van der Waals surface area contributed by atoms with Crippen LogP contribution in [0.15, 0.2) is 183 Å². The van der Waals surface area contributed by atoms with Gasteiger partial charge in [0.15, 0.2) is 0 Å². The fourth-order valence-electron chi connectivity index (χ4n) is 12.5. The average molecular weight is 847 g/mol. The van der Waals surface area contributed by atoms with Crippen molar-refractivity contribution in [1.29, 1.82) is 0 Å². The molecule has 8 aromatic carbocycles. The van der Waals surface area contributed by atoms with Gasteiger partial charge in [-0.1, -0.05) is 172 Å². The summed E-state index contributed by atoms with van der Waals surface area (Å²) in [5.41, 5.74) is 22.1. The van der Waals surface area contributed by atoms with Crippen LogP contribution in [0.4, 0.5) is 0 Å². The van der Waals surface area contributed by atoms with E-state index in [2.05, 4.69) is 220 Å². The van der Waals surface area contributed by atoms with Gasteiger partial charge in [0, 0.05) is 54.0 Å². The summed E-state index contributed by atoms with van der Waals surface area (Å²) < 4.78 is 2.50. The fraction of sp³-hybridized carbons (Fsp3) is 0.0806. The Morgan fingerprint density at radius 1 is 0.554 bits per heavy atom. The van der Waals surface area contributed by atoms with Gasteiger partial charge in [0.1, 0.15) is 4.83 Å². The summed E-state index contributed by atoms with van der Waals surface area (Å²) in [5, 5.41) is 6.12. The number of hydrogen-bond donors (Lipinski definition) is 0. The maximum Gasteiger partial charge on any atom is 0.109 e. The van der Waals surface area contributed by atoms with Gasteiger partial charge in [-0.15, -0.1) is 11.3 Å². The van der Waals surface area contributed by atoms with Crippen LogP contribution in [0.1, 0.15) is 64.6 Å². The van der Waals surface area contributed by atoms with Gasteiger partial charge in [-0.05, 0) is 110 Å². The molecule has 11 aromatic rings. The number of thiophene rings is 1. The molecule has 3 aromatic heterocycles. The Hall–Kier alpha value is -7.59. The predicted molar refractivity (Wildman–Crippen MR) is 276 cm³/mol. The number of allylic oxidation sites excluding steroid dienone is 1. The molecular formula is C62H42N2S. The first-order chi connectivity index (χ1) is 31.9. The standard InChI is InChI=1S/C62H42N2S/c1-5-18-55-38(6-2)57-46-34-52-45(41-23-7-12-26-47(41)61(52,3)4)35-54(46)64(60(57)65-55)37-20-17-19-36(33-37)59-44-31-32-51-58(56(44)43-25-11-16-30-53(43)63-59)42-24-10-15-29-50(42)62(51)48-27-13-8-21-39(48)40-22-9-14-28-49(40)62/h5-35H,2H2,1,3-4H3/b18-5-. The first-order valence-electron chi connectivity index (χ1n) is 22.7. The normalized spacial score (nSPS) is 14.6.